The number of piperazine rings is 1. The number of carbonyl (C=O) groups is 1. The lowest BCUT2D eigenvalue weighted by Gasteiger charge is -2.57. The van der Waals surface area contributed by atoms with Gasteiger partial charge in [-0.3, -0.25) is 9.69 Å². The number of rotatable bonds is 6. The second-order valence-electron chi connectivity index (χ2n) is 9.62. The Bertz CT molecular complexity index is 966. The van der Waals surface area contributed by atoms with Crippen LogP contribution < -0.4 is 15.0 Å². The van der Waals surface area contributed by atoms with Crippen molar-refractivity contribution < 1.29 is 9.53 Å². The number of nitrogens with zero attached hydrogens (tertiary/aromatic N) is 2. The average molecular weight is 404 g/mol. The largest absolute Gasteiger partial charge is 0.484 e. The molecule has 0 aromatic heterocycles. The first-order valence-corrected chi connectivity index (χ1v) is 11.1. The molecule has 156 valence electrons. The number of benzene rings is 2. The van der Waals surface area contributed by atoms with Crippen molar-refractivity contribution in [1.82, 2.24) is 10.2 Å². The molecule has 2 aromatic carbocycles. The minimum absolute atomic E-state index is 0.0144. The molecule has 5 fully saturated rings. The molecule has 1 aliphatic heterocycles. The van der Waals surface area contributed by atoms with E-state index in [1.807, 2.05) is 31.2 Å². The zero-order valence-corrected chi connectivity index (χ0v) is 17.7. The maximum Gasteiger partial charge on any atom is 0.258 e. The Hall–Kier alpha value is -2.53. The van der Waals surface area contributed by atoms with Crippen LogP contribution >= 0.6 is 0 Å². The van der Waals surface area contributed by atoms with Crippen molar-refractivity contribution in [3.05, 3.63) is 59.7 Å². The summed E-state index contributed by atoms with van der Waals surface area (Å²) in [5, 5.41) is 3.28. The van der Waals surface area contributed by atoms with E-state index in [1.54, 1.807) is 0 Å². The second-order valence-corrected chi connectivity index (χ2v) is 9.62. The number of hydrogen-bond acceptors (Lipinski definition) is 4. The van der Waals surface area contributed by atoms with Crippen LogP contribution in [0.15, 0.2) is 48.5 Å². The van der Waals surface area contributed by atoms with Gasteiger partial charge in [0.25, 0.3) is 5.91 Å². The van der Waals surface area contributed by atoms with E-state index in [4.69, 9.17) is 4.74 Å². The molecule has 2 atom stereocenters. The Morgan fingerprint density at radius 2 is 1.57 bits per heavy atom. The molecule has 1 heterocycles. The number of ether oxygens (including phenoxy) is 1. The van der Waals surface area contributed by atoms with Gasteiger partial charge in [-0.1, -0.05) is 35.4 Å². The van der Waals surface area contributed by atoms with Crippen LogP contribution in [0.4, 0.5) is 5.69 Å². The van der Waals surface area contributed by atoms with Crippen molar-refractivity contribution in [3.8, 4) is 5.75 Å². The fraction of sp³-hybridized carbons (Fsp3) is 0.480. The van der Waals surface area contributed by atoms with E-state index in [-0.39, 0.29) is 18.1 Å². The predicted octanol–water partition coefficient (Wildman–Crippen LogP) is 2.76. The second kappa shape index (κ2) is 6.24. The van der Waals surface area contributed by atoms with Crippen molar-refractivity contribution in [1.29, 1.82) is 0 Å². The SMILES string of the molecule is Cc1ccc(OCC(=O)NC23CC4(N5CCN(c6ccc(C)cc6)CC5)C2C34)cc1. The first kappa shape index (κ1) is 18.3. The summed E-state index contributed by atoms with van der Waals surface area (Å²) in [5.41, 5.74) is 4.34. The van der Waals surface area contributed by atoms with E-state index in [9.17, 15) is 4.79 Å². The molecule has 5 heteroatoms. The highest BCUT2D eigenvalue weighted by molar-refractivity contribution is 5.82. The number of amides is 1. The third kappa shape index (κ3) is 2.54. The van der Waals surface area contributed by atoms with Crippen molar-refractivity contribution >= 4 is 11.6 Å². The Morgan fingerprint density at radius 1 is 0.967 bits per heavy atom. The van der Waals surface area contributed by atoms with Gasteiger partial charge in [-0.2, -0.15) is 0 Å². The lowest BCUT2D eigenvalue weighted by molar-refractivity contribution is -0.128. The summed E-state index contributed by atoms with van der Waals surface area (Å²) in [6.07, 6.45) is 1.12. The summed E-state index contributed by atoms with van der Waals surface area (Å²) in [7, 11) is 0. The number of aryl methyl sites for hydroxylation is 2. The fourth-order valence-electron chi connectivity index (χ4n) is 6.23. The first-order chi connectivity index (χ1) is 14.5. The van der Waals surface area contributed by atoms with Crippen molar-refractivity contribution in [2.24, 2.45) is 11.8 Å². The van der Waals surface area contributed by atoms with Gasteiger partial charge in [-0.25, -0.2) is 0 Å². The summed E-state index contributed by atoms with van der Waals surface area (Å²) in [5.74, 6) is 2.13. The third-order valence-electron chi connectivity index (χ3n) is 7.91. The Labute approximate surface area is 178 Å². The van der Waals surface area contributed by atoms with Crippen LogP contribution in [0.5, 0.6) is 5.75 Å². The highest BCUT2D eigenvalue weighted by Crippen LogP contribution is 2.94. The van der Waals surface area contributed by atoms with Gasteiger partial charge in [0.15, 0.2) is 6.61 Å². The van der Waals surface area contributed by atoms with Gasteiger partial charge in [0.1, 0.15) is 5.75 Å². The van der Waals surface area contributed by atoms with Crippen molar-refractivity contribution in [2.45, 2.75) is 31.3 Å². The molecule has 1 saturated heterocycles. The minimum atomic E-state index is 0.0144. The van der Waals surface area contributed by atoms with Gasteiger partial charge in [-0.05, 0) is 44.5 Å². The monoisotopic (exact) mass is 403 g/mol. The maximum atomic E-state index is 12.4. The fourth-order valence-corrected chi connectivity index (χ4v) is 6.23. The summed E-state index contributed by atoms with van der Waals surface area (Å²) < 4.78 is 5.64. The van der Waals surface area contributed by atoms with Gasteiger partial charge in [0.2, 0.25) is 0 Å². The molecule has 0 spiro atoms. The highest BCUT2D eigenvalue weighted by atomic mass is 16.5. The zero-order chi connectivity index (χ0) is 20.5. The topological polar surface area (TPSA) is 44.8 Å². The lowest BCUT2D eigenvalue weighted by atomic mass is 9.67. The van der Waals surface area contributed by atoms with Gasteiger partial charge in [0, 0.05) is 49.2 Å². The molecule has 2 aromatic rings. The smallest absolute Gasteiger partial charge is 0.258 e. The Morgan fingerprint density at radius 3 is 2.17 bits per heavy atom. The van der Waals surface area contributed by atoms with Crippen LogP contribution in [0, 0.1) is 25.7 Å². The molecule has 30 heavy (non-hydrogen) atoms. The highest BCUT2D eigenvalue weighted by Gasteiger charge is 3.04. The standard InChI is InChI=1S/C25H29N3O2/c1-17-3-7-19(8-4-17)27-11-13-28(14-12-27)25-16-24(22(25)23(24)25)26-21(29)15-30-20-9-5-18(2)6-10-20/h3-10,22-23H,11-16H2,1-2H3,(H,26,29). The molecule has 5 aliphatic rings. The van der Waals surface area contributed by atoms with Crippen LogP contribution in [0.3, 0.4) is 0 Å². The molecule has 2 bridgehead atoms. The van der Waals surface area contributed by atoms with Crippen molar-refractivity contribution in [3.63, 3.8) is 0 Å². The molecular weight excluding hydrogens is 374 g/mol. The van der Waals surface area contributed by atoms with Gasteiger partial charge in [0.05, 0.1) is 5.54 Å². The van der Waals surface area contributed by atoms with E-state index in [0.717, 1.165) is 38.3 Å². The Kier molecular flexibility index (Phi) is 3.80. The quantitative estimate of drug-likeness (QED) is 0.806. The number of nitrogens with one attached hydrogen (secondary N) is 1. The molecule has 0 radical (unpaired) electrons. The average Bonchev–Trinajstić information content (AvgIpc) is 3.56. The molecule has 5 nitrogen and oxygen atoms in total. The summed E-state index contributed by atoms with van der Waals surface area (Å²) >= 11 is 0. The molecule has 1 amide bonds. The first-order valence-electron chi connectivity index (χ1n) is 11.1. The predicted molar refractivity (Wildman–Crippen MR) is 117 cm³/mol. The Balaban J connectivity index is 0.976. The van der Waals surface area contributed by atoms with Crippen LogP contribution in [-0.2, 0) is 4.79 Å². The van der Waals surface area contributed by atoms with E-state index in [1.165, 1.54) is 16.8 Å². The minimum Gasteiger partial charge on any atom is -0.484 e. The molecule has 4 aliphatic carbocycles. The van der Waals surface area contributed by atoms with Crippen molar-refractivity contribution in [2.75, 3.05) is 37.7 Å². The molecule has 4 saturated carbocycles. The normalized spacial score (nSPS) is 33.3. The molecule has 2 unspecified atom stereocenters. The van der Waals surface area contributed by atoms with Gasteiger partial charge >= 0.3 is 0 Å². The van der Waals surface area contributed by atoms with E-state index >= 15 is 0 Å². The molecular formula is C25H29N3O2. The number of anilines is 1. The van der Waals surface area contributed by atoms with Crippen LogP contribution in [0.25, 0.3) is 0 Å². The van der Waals surface area contributed by atoms with E-state index in [0.29, 0.717) is 17.4 Å². The van der Waals surface area contributed by atoms with Crippen LogP contribution in [-0.4, -0.2) is 54.7 Å². The van der Waals surface area contributed by atoms with E-state index in [2.05, 4.69) is 46.3 Å². The summed E-state index contributed by atoms with van der Waals surface area (Å²) in [6.45, 7) is 8.72. The lowest BCUT2D eigenvalue weighted by Crippen LogP contribution is -2.71. The summed E-state index contributed by atoms with van der Waals surface area (Å²) in [6, 6.07) is 16.7. The van der Waals surface area contributed by atoms with Gasteiger partial charge in [-0.15, -0.1) is 0 Å². The number of hydrogen-bond donors (Lipinski definition) is 1. The van der Waals surface area contributed by atoms with Crippen LogP contribution in [0.2, 0.25) is 0 Å². The molecule has 7 rings (SSSR count). The van der Waals surface area contributed by atoms with E-state index < -0.39 is 0 Å². The summed E-state index contributed by atoms with van der Waals surface area (Å²) in [4.78, 5) is 17.6. The number of carbonyl (C=O) groups excluding carboxylic acids is 1. The van der Waals surface area contributed by atoms with Crippen LogP contribution in [0.1, 0.15) is 17.5 Å². The van der Waals surface area contributed by atoms with Gasteiger partial charge < -0.3 is 15.0 Å². The third-order valence-corrected chi connectivity index (χ3v) is 7.91. The molecule has 1 N–H and O–H groups in total. The zero-order valence-electron chi connectivity index (χ0n) is 17.7. The maximum absolute atomic E-state index is 12.4.